The average molecular weight is 258 g/mol. The molecule has 1 aromatic carbocycles. The Balaban J connectivity index is 2.46. The van der Waals surface area contributed by atoms with Crippen LogP contribution < -0.4 is 5.32 Å². The maximum absolute atomic E-state index is 11.7. The van der Waals surface area contributed by atoms with E-state index in [2.05, 4.69) is 11.6 Å². The summed E-state index contributed by atoms with van der Waals surface area (Å²) in [5.74, 6) is 1.49. The van der Waals surface area contributed by atoms with Crippen LogP contribution in [-0.4, -0.2) is 24.5 Å². The summed E-state index contributed by atoms with van der Waals surface area (Å²) in [5, 5.41) is 2.89. The van der Waals surface area contributed by atoms with Crippen LogP contribution in [0.25, 0.3) is 0 Å². The number of thioether (sulfide) groups is 1. The lowest BCUT2D eigenvalue weighted by Crippen LogP contribution is -2.24. The Bertz CT molecular complexity index is 344. The highest BCUT2D eigenvalue weighted by Crippen LogP contribution is 2.07. The number of amides is 1. The van der Waals surface area contributed by atoms with Gasteiger partial charge in [0, 0.05) is 18.0 Å². The van der Waals surface area contributed by atoms with Gasteiger partial charge in [0.05, 0.1) is 0 Å². The molecular weight excluding hydrogens is 242 g/mol. The van der Waals surface area contributed by atoms with Crippen LogP contribution in [0.15, 0.2) is 24.3 Å². The zero-order chi connectivity index (χ0) is 11.8. The molecule has 0 aliphatic heterocycles. The van der Waals surface area contributed by atoms with Crippen LogP contribution in [0.1, 0.15) is 22.3 Å². The highest BCUT2D eigenvalue weighted by Gasteiger charge is 2.04. The molecule has 0 radical (unpaired) electrons. The Labute approximate surface area is 106 Å². The van der Waals surface area contributed by atoms with Crippen molar-refractivity contribution in [3.63, 3.8) is 0 Å². The van der Waals surface area contributed by atoms with Crippen LogP contribution in [0.5, 0.6) is 0 Å². The Morgan fingerprint density at radius 3 is 3.00 bits per heavy atom. The van der Waals surface area contributed by atoms with E-state index >= 15 is 0 Å². The van der Waals surface area contributed by atoms with Gasteiger partial charge in [0.1, 0.15) is 0 Å². The van der Waals surface area contributed by atoms with E-state index in [1.165, 1.54) is 0 Å². The Kier molecular flexibility index (Phi) is 6.34. The molecule has 1 rings (SSSR count). The first kappa shape index (κ1) is 13.4. The summed E-state index contributed by atoms with van der Waals surface area (Å²) >= 11 is 7.50. The molecule has 0 aliphatic rings. The van der Waals surface area contributed by atoms with Gasteiger partial charge in [-0.15, -0.1) is 11.6 Å². The number of carbonyl (C=O) groups is 1. The minimum atomic E-state index is -0.0203. The standard InChI is InChI=1S/C12H16ClNOS/c1-16-7-3-6-14-12(15)11-5-2-4-10(8-11)9-13/h2,4-5,8H,3,6-7,9H2,1H3,(H,14,15). The molecule has 0 fully saturated rings. The van der Waals surface area contributed by atoms with E-state index in [0.717, 1.165) is 24.3 Å². The topological polar surface area (TPSA) is 29.1 Å². The zero-order valence-corrected chi connectivity index (χ0v) is 10.9. The number of rotatable bonds is 6. The predicted octanol–water partition coefficient (Wildman–Crippen LogP) is 2.91. The van der Waals surface area contributed by atoms with Crippen molar-refractivity contribution < 1.29 is 4.79 Å². The van der Waals surface area contributed by atoms with Gasteiger partial charge in [0.2, 0.25) is 0 Å². The second kappa shape index (κ2) is 7.58. The van der Waals surface area contributed by atoms with Gasteiger partial charge in [-0.1, -0.05) is 12.1 Å². The maximum Gasteiger partial charge on any atom is 0.251 e. The smallest absolute Gasteiger partial charge is 0.251 e. The lowest BCUT2D eigenvalue weighted by Gasteiger charge is -2.05. The van der Waals surface area contributed by atoms with Crippen LogP contribution >= 0.6 is 23.4 Å². The van der Waals surface area contributed by atoms with Crippen LogP contribution in [0.2, 0.25) is 0 Å². The van der Waals surface area contributed by atoms with E-state index in [9.17, 15) is 4.79 Å². The number of nitrogens with one attached hydrogen (secondary N) is 1. The van der Waals surface area contributed by atoms with Crippen molar-refractivity contribution in [1.29, 1.82) is 0 Å². The quantitative estimate of drug-likeness (QED) is 0.627. The number of hydrogen-bond acceptors (Lipinski definition) is 2. The summed E-state index contributed by atoms with van der Waals surface area (Å²) < 4.78 is 0. The summed E-state index contributed by atoms with van der Waals surface area (Å²) in [6.45, 7) is 0.727. The minimum Gasteiger partial charge on any atom is -0.352 e. The summed E-state index contributed by atoms with van der Waals surface area (Å²) in [7, 11) is 0. The van der Waals surface area contributed by atoms with Gasteiger partial charge in [0.15, 0.2) is 0 Å². The third-order valence-electron chi connectivity index (χ3n) is 2.15. The fourth-order valence-electron chi connectivity index (χ4n) is 1.32. The summed E-state index contributed by atoms with van der Waals surface area (Å²) in [4.78, 5) is 11.7. The summed E-state index contributed by atoms with van der Waals surface area (Å²) in [6, 6.07) is 7.41. The van der Waals surface area contributed by atoms with Gasteiger partial charge in [-0.05, 0) is 36.1 Å². The first-order valence-electron chi connectivity index (χ1n) is 5.20. The van der Waals surface area contributed by atoms with Gasteiger partial charge in [-0.2, -0.15) is 11.8 Å². The molecule has 0 aliphatic carbocycles. The van der Waals surface area contributed by atoms with Crippen molar-refractivity contribution in [2.45, 2.75) is 12.3 Å². The van der Waals surface area contributed by atoms with Crippen molar-refractivity contribution in [3.8, 4) is 0 Å². The number of hydrogen-bond donors (Lipinski definition) is 1. The molecule has 0 bridgehead atoms. The fraction of sp³-hybridized carbons (Fsp3) is 0.417. The van der Waals surface area contributed by atoms with Crippen molar-refractivity contribution in [2.24, 2.45) is 0 Å². The summed E-state index contributed by atoms with van der Waals surface area (Å²) in [6.07, 6.45) is 3.06. The Morgan fingerprint density at radius 2 is 2.31 bits per heavy atom. The zero-order valence-electron chi connectivity index (χ0n) is 9.33. The first-order valence-corrected chi connectivity index (χ1v) is 7.13. The molecule has 0 saturated carbocycles. The van der Waals surface area contributed by atoms with Gasteiger partial charge in [-0.25, -0.2) is 0 Å². The van der Waals surface area contributed by atoms with Gasteiger partial charge in [0.25, 0.3) is 5.91 Å². The van der Waals surface area contributed by atoms with E-state index < -0.39 is 0 Å². The highest BCUT2D eigenvalue weighted by atomic mass is 35.5. The molecule has 0 aromatic heterocycles. The van der Waals surface area contributed by atoms with Crippen LogP contribution in [0, 0.1) is 0 Å². The number of alkyl halides is 1. The van der Waals surface area contributed by atoms with Crippen LogP contribution in [0.3, 0.4) is 0 Å². The number of benzene rings is 1. The van der Waals surface area contributed by atoms with Crippen molar-refractivity contribution in [2.75, 3.05) is 18.6 Å². The molecule has 1 N–H and O–H groups in total. The third kappa shape index (κ3) is 4.45. The average Bonchev–Trinajstić information content (AvgIpc) is 2.34. The molecule has 0 unspecified atom stereocenters. The van der Waals surface area contributed by atoms with E-state index in [4.69, 9.17) is 11.6 Å². The molecule has 0 saturated heterocycles. The van der Waals surface area contributed by atoms with Gasteiger partial charge < -0.3 is 5.32 Å². The van der Waals surface area contributed by atoms with E-state index in [-0.39, 0.29) is 5.91 Å². The van der Waals surface area contributed by atoms with Gasteiger partial charge in [-0.3, -0.25) is 4.79 Å². The normalized spacial score (nSPS) is 10.1. The lowest BCUT2D eigenvalue weighted by atomic mass is 10.1. The molecule has 0 spiro atoms. The van der Waals surface area contributed by atoms with Crippen molar-refractivity contribution >= 4 is 29.3 Å². The maximum atomic E-state index is 11.7. The number of halogens is 1. The monoisotopic (exact) mass is 257 g/mol. The fourth-order valence-corrected chi connectivity index (χ4v) is 1.92. The van der Waals surface area contributed by atoms with Crippen molar-refractivity contribution in [3.05, 3.63) is 35.4 Å². The molecule has 2 nitrogen and oxygen atoms in total. The van der Waals surface area contributed by atoms with E-state index in [1.54, 1.807) is 17.8 Å². The largest absolute Gasteiger partial charge is 0.352 e. The minimum absolute atomic E-state index is 0.0203. The molecule has 4 heteroatoms. The highest BCUT2D eigenvalue weighted by molar-refractivity contribution is 7.98. The van der Waals surface area contributed by atoms with E-state index in [0.29, 0.717) is 11.4 Å². The van der Waals surface area contributed by atoms with Crippen LogP contribution in [0.4, 0.5) is 0 Å². The lowest BCUT2D eigenvalue weighted by molar-refractivity contribution is 0.0953. The number of carbonyl (C=O) groups excluding carboxylic acids is 1. The van der Waals surface area contributed by atoms with E-state index in [1.807, 2.05) is 18.2 Å². The third-order valence-corrected chi connectivity index (χ3v) is 3.16. The molecule has 1 amide bonds. The summed E-state index contributed by atoms with van der Waals surface area (Å²) in [5.41, 5.74) is 1.65. The predicted molar refractivity (Wildman–Crippen MR) is 71.3 cm³/mol. The van der Waals surface area contributed by atoms with Crippen LogP contribution in [-0.2, 0) is 5.88 Å². The second-order valence-electron chi connectivity index (χ2n) is 3.44. The van der Waals surface area contributed by atoms with Crippen molar-refractivity contribution in [1.82, 2.24) is 5.32 Å². The van der Waals surface area contributed by atoms with Gasteiger partial charge >= 0.3 is 0 Å². The Hall–Kier alpha value is -0.670. The molecule has 1 aromatic rings. The Morgan fingerprint density at radius 1 is 1.50 bits per heavy atom. The molecule has 0 heterocycles. The molecule has 88 valence electrons. The first-order chi connectivity index (χ1) is 7.77. The second-order valence-corrected chi connectivity index (χ2v) is 4.69. The molecule has 0 atom stereocenters. The SMILES string of the molecule is CSCCCNC(=O)c1cccc(CCl)c1. The molecular formula is C12H16ClNOS. The molecule has 16 heavy (non-hydrogen) atoms.